The number of aromatic nitrogens is 2. The van der Waals surface area contributed by atoms with Crippen LogP contribution in [0.25, 0.3) is 11.0 Å². The zero-order chi connectivity index (χ0) is 19.0. The first-order chi connectivity index (χ1) is 12.3. The Labute approximate surface area is 154 Å². The molecule has 0 fully saturated rings. The second-order valence-corrected chi connectivity index (χ2v) is 7.30. The van der Waals surface area contributed by atoms with Crippen molar-refractivity contribution in [2.24, 2.45) is 0 Å². The zero-order valence-electron chi connectivity index (χ0n) is 16.4. The van der Waals surface area contributed by atoms with Crippen molar-refractivity contribution in [1.82, 2.24) is 15.1 Å². The number of hydrogen-bond donors (Lipinski definition) is 1. The summed E-state index contributed by atoms with van der Waals surface area (Å²) in [6.07, 6.45) is 2.04. The third kappa shape index (κ3) is 3.39. The summed E-state index contributed by atoms with van der Waals surface area (Å²) in [7, 11) is 0. The highest BCUT2D eigenvalue weighted by Crippen LogP contribution is 2.30. The molecule has 2 aromatic heterocycles. The van der Waals surface area contributed by atoms with Gasteiger partial charge in [-0.2, -0.15) is 5.10 Å². The van der Waals surface area contributed by atoms with E-state index in [0.29, 0.717) is 13.0 Å². The summed E-state index contributed by atoms with van der Waals surface area (Å²) in [5.74, 6) is -0.00120. The highest BCUT2D eigenvalue weighted by atomic mass is 16.3. The molecule has 0 spiro atoms. The van der Waals surface area contributed by atoms with Gasteiger partial charge in [-0.15, -0.1) is 0 Å². The van der Waals surface area contributed by atoms with Crippen molar-refractivity contribution >= 4 is 16.9 Å². The first kappa shape index (κ1) is 18.2. The van der Waals surface area contributed by atoms with E-state index in [1.807, 2.05) is 24.6 Å². The molecule has 0 saturated heterocycles. The van der Waals surface area contributed by atoms with E-state index in [2.05, 4.69) is 44.2 Å². The van der Waals surface area contributed by atoms with E-state index in [1.54, 1.807) is 6.26 Å². The quantitative estimate of drug-likeness (QED) is 0.751. The number of benzene rings is 1. The minimum atomic E-state index is -0.00120. The van der Waals surface area contributed by atoms with E-state index in [0.717, 1.165) is 39.0 Å². The molecule has 0 radical (unpaired) electrons. The van der Waals surface area contributed by atoms with Gasteiger partial charge in [0, 0.05) is 23.2 Å². The van der Waals surface area contributed by atoms with Gasteiger partial charge in [-0.1, -0.05) is 6.07 Å². The van der Waals surface area contributed by atoms with Crippen molar-refractivity contribution in [3.8, 4) is 0 Å². The molecule has 1 aromatic carbocycles. The topological polar surface area (TPSA) is 60.1 Å². The Balaban J connectivity index is 1.70. The van der Waals surface area contributed by atoms with E-state index < -0.39 is 0 Å². The Morgan fingerprint density at radius 3 is 2.58 bits per heavy atom. The van der Waals surface area contributed by atoms with Crippen LogP contribution in [0.3, 0.4) is 0 Å². The van der Waals surface area contributed by atoms with Crippen LogP contribution in [-0.2, 0) is 11.2 Å². The summed E-state index contributed by atoms with van der Waals surface area (Å²) in [6, 6.07) is 4.31. The van der Waals surface area contributed by atoms with Gasteiger partial charge >= 0.3 is 0 Å². The summed E-state index contributed by atoms with van der Waals surface area (Å²) in [5.41, 5.74) is 7.42. The SMILES string of the molecule is Cc1cc(C)n([C@@H](C)CNC(=O)Cc2coc3c(C)c(C)cc(C)c23)n1. The minimum absolute atomic E-state index is 0.00120. The molecule has 0 unspecified atom stereocenters. The number of nitrogens with one attached hydrogen (secondary N) is 1. The Bertz CT molecular complexity index is 965. The second-order valence-electron chi connectivity index (χ2n) is 7.30. The fourth-order valence-corrected chi connectivity index (χ4v) is 3.59. The second kappa shape index (κ2) is 6.98. The smallest absolute Gasteiger partial charge is 0.224 e. The van der Waals surface area contributed by atoms with E-state index in [-0.39, 0.29) is 11.9 Å². The maximum absolute atomic E-state index is 12.5. The van der Waals surface area contributed by atoms with Gasteiger partial charge in [0.1, 0.15) is 5.58 Å². The lowest BCUT2D eigenvalue weighted by atomic mass is 9.99. The molecule has 2 heterocycles. The third-order valence-corrected chi connectivity index (χ3v) is 5.03. The molecule has 5 heteroatoms. The lowest BCUT2D eigenvalue weighted by Gasteiger charge is -2.15. The molecule has 0 aliphatic heterocycles. The predicted octanol–water partition coefficient (Wildman–Crippen LogP) is 4.09. The molecule has 0 aliphatic rings. The fourth-order valence-electron chi connectivity index (χ4n) is 3.59. The van der Waals surface area contributed by atoms with Gasteiger partial charge in [0.25, 0.3) is 0 Å². The molecule has 138 valence electrons. The summed E-state index contributed by atoms with van der Waals surface area (Å²) >= 11 is 0. The maximum atomic E-state index is 12.5. The number of rotatable bonds is 5. The maximum Gasteiger partial charge on any atom is 0.224 e. The molecule has 3 rings (SSSR count). The molecule has 1 amide bonds. The van der Waals surface area contributed by atoms with Crippen molar-refractivity contribution in [3.63, 3.8) is 0 Å². The first-order valence-corrected chi connectivity index (χ1v) is 9.04. The van der Waals surface area contributed by atoms with Gasteiger partial charge in [0.05, 0.1) is 24.4 Å². The lowest BCUT2D eigenvalue weighted by Crippen LogP contribution is -2.31. The van der Waals surface area contributed by atoms with Gasteiger partial charge < -0.3 is 9.73 Å². The van der Waals surface area contributed by atoms with Crippen LogP contribution in [0.4, 0.5) is 0 Å². The Morgan fingerprint density at radius 2 is 1.92 bits per heavy atom. The summed E-state index contributed by atoms with van der Waals surface area (Å²) in [5, 5.41) is 8.57. The molecule has 1 atom stereocenters. The molecule has 0 bridgehead atoms. The monoisotopic (exact) mass is 353 g/mol. The number of nitrogens with zero attached hydrogens (tertiary/aromatic N) is 2. The highest BCUT2D eigenvalue weighted by molar-refractivity contribution is 5.91. The Kier molecular flexibility index (Phi) is 4.90. The number of hydrogen-bond acceptors (Lipinski definition) is 3. The van der Waals surface area contributed by atoms with Gasteiger partial charge in [-0.25, -0.2) is 0 Å². The van der Waals surface area contributed by atoms with Gasteiger partial charge in [0.15, 0.2) is 0 Å². The van der Waals surface area contributed by atoms with Crippen LogP contribution in [0, 0.1) is 34.6 Å². The molecule has 0 aliphatic carbocycles. The molecule has 1 N–H and O–H groups in total. The average Bonchev–Trinajstić information content (AvgIpc) is 3.14. The standard InChI is InChI=1S/C21H27N3O2/c1-12-7-13(2)20-18(11-26-21(20)17(12)6)9-19(25)22-10-16(5)24-15(4)8-14(3)23-24/h7-8,11,16H,9-10H2,1-6H3,(H,22,25)/t16-/m0/s1. The molecular weight excluding hydrogens is 326 g/mol. The van der Waals surface area contributed by atoms with E-state index in [1.165, 1.54) is 5.56 Å². The first-order valence-electron chi connectivity index (χ1n) is 9.04. The van der Waals surface area contributed by atoms with Crippen molar-refractivity contribution in [3.05, 3.63) is 52.0 Å². The van der Waals surface area contributed by atoms with Crippen LogP contribution in [0.15, 0.2) is 22.8 Å². The van der Waals surface area contributed by atoms with Crippen LogP contribution in [0.2, 0.25) is 0 Å². The summed E-state index contributed by atoms with van der Waals surface area (Å²) < 4.78 is 7.72. The number of aryl methyl sites for hydroxylation is 5. The largest absolute Gasteiger partial charge is 0.464 e. The normalized spacial score (nSPS) is 12.5. The lowest BCUT2D eigenvalue weighted by molar-refractivity contribution is -0.120. The van der Waals surface area contributed by atoms with Crippen LogP contribution in [-0.4, -0.2) is 22.2 Å². The number of fused-ring (bicyclic) bond motifs is 1. The van der Waals surface area contributed by atoms with Crippen molar-refractivity contribution < 1.29 is 9.21 Å². The van der Waals surface area contributed by atoms with Crippen LogP contribution >= 0.6 is 0 Å². The number of carbonyl (C=O) groups excluding carboxylic acids is 1. The van der Waals surface area contributed by atoms with Crippen LogP contribution in [0.1, 0.15) is 46.6 Å². The fraction of sp³-hybridized carbons (Fsp3) is 0.429. The Hall–Kier alpha value is -2.56. The van der Waals surface area contributed by atoms with Crippen molar-refractivity contribution in [1.29, 1.82) is 0 Å². The summed E-state index contributed by atoms with van der Waals surface area (Å²) in [6.45, 7) is 12.8. The predicted molar refractivity (Wildman–Crippen MR) is 104 cm³/mol. The molecule has 26 heavy (non-hydrogen) atoms. The van der Waals surface area contributed by atoms with Gasteiger partial charge in [-0.3, -0.25) is 9.48 Å². The van der Waals surface area contributed by atoms with E-state index >= 15 is 0 Å². The summed E-state index contributed by atoms with van der Waals surface area (Å²) in [4.78, 5) is 12.5. The molecule has 0 saturated carbocycles. The van der Waals surface area contributed by atoms with Crippen LogP contribution < -0.4 is 5.32 Å². The van der Waals surface area contributed by atoms with Crippen LogP contribution in [0.5, 0.6) is 0 Å². The Morgan fingerprint density at radius 1 is 1.19 bits per heavy atom. The third-order valence-electron chi connectivity index (χ3n) is 5.03. The highest BCUT2D eigenvalue weighted by Gasteiger charge is 2.16. The number of furan rings is 1. The molecule has 3 aromatic rings. The molecular formula is C21H27N3O2. The molecule has 5 nitrogen and oxygen atoms in total. The van der Waals surface area contributed by atoms with Gasteiger partial charge in [-0.05, 0) is 64.3 Å². The minimum Gasteiger partial charge on any atom is -0.464 e. The van der Waals surface area contributed by atoms with Crippen molar-refractivity contribution in [2.45, 2.75) is 54.0 Å². The van der Waals surface area contributed by atoms with E-state index in [4.69, 9.17) is 4.42 Å². The van der Waals surface area contributed by atoms with Gasteiger partial charge in [0.2, 0.25) is 5.91 Å². The van der Waals surface area contributed by atoms with E-state index in [9.17, 15) is 4.79 Å². The number of amides is 1. The van der Waals surface area contributed by atoms with Crippen molar-refractivity contribution in [2.75, 3.05) is 6.54 Å². The number of carbonyl (C=O) groups is 1. The zero-order valence-corrected chi connectivity index (χ0v) is 16.4. The average molecular weight is 353 g/mol.